The van der Waals surface area contributed by atoms with Crippen molar-refractivity contribution in [2.75, 3.05) is 0 Å². The summed E-state index contributed by atoms with van der Waals surface area (Å²) in [6.07, 6.45) is -0.229. The molecular formula is C10H14O5. The van der Waals surface area contributed by atoms with E-state index < -0.39 is 17.4 Å². The lowest BCUT2D eigenvalue weighted by Crippen LogP contribution is -2.47. The first-order valence-corrected chi connectivity index (χ1v) is 5.19. The number of hydrogen-bond donors (Lipinski definition) is 1. The van der Waals surface area contributed by atoms with Gasteiger partial charge in [-0.3, -0.25) is 0 Å². The molecule has 3 fully saturated rings. The zero-order chi connectivity index (χ0) is 10.8. The molecule has 1 N–H and O–H groups in total. The first kappa shape index (κ1) is 9.57. The van der Waals surface area contributed by atoms with Crippen LogP contribution in [0.15, 0.2) is 0 Å². The van der Waals surface area contributed by atoms with Gasteiger partial charge in [-0.25, -0.2) is 4.79 Å². The Hall–Kier alpha value is -0.650. The van der Waals surface area contributed by atoms with Gasteiger partial charge in [0.15, 0.2) is 11.4 Å². The predicted molar refractivity (Wildman–Crippen MR) is 47.9 cm³/mol. The summed E-state index contributed by atoms with van der Waals surface area (Å²) >= 11 is 0. The van der Waals surface area contributed by atoms with Crippen LogP contribution in [-0.4, -0.2) is 40.8 Å². The minimum Gasteiger partial charge on any atom is -0.457 e. The lowest BCUT2D eigenvalue weighted by molar-refractivity contribution is -0.171. The van der Waals surface area contributed by atoms with Crippen molar-refractivity contribution < 1.29 is 24.1 Å². The maximum Gasteiger partial charge on any atom is 0.338 e. The minimum atomic E-state index is -1.35. The number of esters is 1. The van der Waals surface area contributed by atoms with Gasteiger partial charge >= 0.3 is 5.97 Å². The standard InChI is InChI=1S/C10H14O5/c1-9(2)14-6-4-10(12)3-5(7(6)15-9)13-8(10)11/h5-7,12H,3-4H2,1-2H3. The SMILES string of the molecule is CC1(C)OC2CC3(O)CC(OC3=O)C2O1. The molecule has 0 amide bonds. The third-order valence-corrected chi connectivity index (χ3v) is 3.30. The lowest BCUT2D eigenvalue weighted by Gasteiger charge is -2.29. The van der Waals surface area contributed by atoms with Crippen molar-refractivity contribution in [3.8, 4) is 0 Å². The molecule has 2 aliphatic heterocycles. The zero-order valence-corrected chi connectivity index (χ0v) is 8.73. The minimum absolute atomic E-state index is 0.230. The number of carbonyl (C=O) groups is 1. The van der Waals surface area contributed by atoms with Crippen molar-refractivity contribution in [1.29, 1.82) is 0 Å². The second kappa shape index (κ2) is 2.53. The molecule has 0 aromatic carbocycles. The number of carbonyl (C=O) groups excluding carboxylic acids is 1. The van der Waals surface area contributed by atoms with E-state index in [1.165, 1.54) is 0 Å². The number of aliphatic hydroxyl groups is 1. The molecular weight excluding hydrogens is 200 g/mol. The van der Waals surface area contributed by atoms with E-state index in [0.717, 1.165) is 0 Å². The second-order valence-corrected chi connectivity index (χ2v) is 5.02. The van der Waals surface area contributed by atoms with Crippen LogP contribution in [0, 0.1) is 0 Å². The van der Waals surface area contributed by atoms with Crippen molar-refractivity contribution in [2.45, 2.75) is 56.4 Å². The highest BCUT2D eigenvalue weighted by Gasteiger charge is 2.62. The van der Waals surface area contributed by atoms with Crippen LogP contribution in [0.3, 0.4) is 0 Å². The monoisotopic (exact) mass is 214 g/mol. The predicted octanol–water partition coefficient (Wildman–Crippen LogP) is -0.0432. The smallest absolute Gasteiger partial charge is 0.338 e. The maximum absolute atomic E-state index is 11.4. The Morgan fingerprint density at radius 1 is 1.27 bits per heavy atom. The topological polar surface area (TPSA) is 65.0 Å². The van der Waals surface area contributed by atoms with Gasteiger partial charge in [0.2, 0.25) is 0 Å². The molecule has 2 bridgehead atoms. The molecule has 4 unspecified atom stereocenters. The Morgan fingerprint density at radius 3 is 2.67 bits per heavy atom. The van der Waals surface area contributed by atoms with Crippen molar-refractivity contribution in [3.63, 3.8) is 0 Å². The van der Waals surface area contributed by atoms with E-state index >= 15 is 0 Å². The van der Waals surface area contributed by atoms with E-state index in [1.54, 1.807) is 0 Å². The largest absolute Gasteiger partial charge is 0.457 e. The Morgan fingerprint density at radius 2 is 1.93 bits per heavy atom. The van der Waals surface area contributed by atoms with Gasteiger partial charge in [0.05, 0.1) is 6.10 Å². The Balaban J connectivity index is 1.90. The van der Waals surface area contributed by atoms with E-state index in [-0.39, 0.29) is 24.7 Å². The maximum atomic E-state index is 11.4. The van der Waals surface area contributed by atoms with Crippen molar-refractivity contribution in [1.82, 2.24) is 0 Å². The molecule has 0 aromatic heterocycles. The molecule has 0 radical (unpaired) electrons. The van der Waals surface area contributed by atoms with Gasteiger partial charge < -0.3 is 19.3 Å². The van der Waals surface area contributed by atoms with E-state index in [1.807, 2.05) is 13.8 Å². The van der Waals surface area contributed by atoms with Gasteiger partial charge in [-0.2, -0.15) is 0 Å². The first-order chi connectivity index (χ1) is 6.90. The van der Waals surface area contributed by atoms with Crippen molar-refractivity contribution >= 4 is 5.97 Å². The second-order valence-electron chi connectivity index (χ2n) is 5.02. The Labute approximate surface area is 87.3 Å². The van der Waals surface area contributed by atoms with Gasteiger partial charge in [-0.15, -0.1) is 0 Å². The summed E-state index contributed by atoms with van der Waals surface area (Å²) in [4.78, 5) is 11.4. The molecule has 5 heteroatoms. The van der Waals surface area contributed by atoms with Gasteiger partial charge in [0.25, 0.3) is 0 Å². The van der Waals surface area contributed by atoms with Crippen LogP contribution in [-0.2, 0) is 19.0 Å². The molecule has 0 aromatic rings. The molecule has 1 aliphatic carbocycles. The van der Waals surface area contributed by atoms with E-state index in [9.17, 15) is 9.90 Å². The summed E-state index contributed by atoms with van der Waals surface area (Å²) < 4.78 is 16.4. The molecule has 2 saturated heterocycles. The summed E-state index contributed by atoms with van der Waals surface area (Å²) in [7, 11) is 0. The van der Waals surface area contributed by atoms with E-state index in [4.69, 9.17) is 14.2 Å². The van der Waals surface area contributed by atoms with Gasteiger partial charge in [-0.1, -0.05) is 0 Å². The average Bonchev–Trinajstić information content (AvgIpc) is 2.50. The van der Waals surface area contributed by atoms with E-state index in [2.05, 4.69) is 0 Å². The van der Waals surface area contributed by atoms with Gasteiger partial charge in [0, 0.05) is 12.8 Å². The highest BCUT2D eigenvalue weighted by atomic mass is 16.8. The fourth-order valence-electron chi connectivity index (χ4n) is 2.72. The molecule has 0 spiro atoms. The lowest BCUT2D eigenvalue weighted by atomic mass is 9.82. The van der Waals surface area contributed by atoms with Gasteiger partial charge in [-0.05, 0) is 13.8 Å². The molecule has 5 nitrogen and oxygen atoms in total. The number of fused-ring (bicyclic) bond motifs is 4. The highest BCUT2D eigenvalue weighted by molar-refractivity contribution is 5.82. The van der Waals surface area contributed by atoms with Crippen LogP contribution in [0.4, 0.5) is 0 Å². The van der Waals surface area contributed by atoms with Crippen molar-refractivity contribution in [2.24, 2.45) is 0 Å². The Kier molecular flexibility index (Phi) is 1.62. The summed E-state index contributed by atoms with van der Waals surface area (Å²) in [6, 6.07) is 0. The molecule has 15 heavy (non-hydrogen) atoms. The highest BCUT2D eigenvalue weighted by Crippen LogP contribution is 2.46. The number of ether oxygens (including phenoxy) is 3. The molecule has 84 valence electrons. The average molecular weight is 214 g/mol. The van der Waals surface area contributed by atoms with Crippen LogP contribution in [0.5, 0.6) is 0 Å². The van der Waals surface area contributed by atoms with Gasteiger partial charge in [0.1, 0.15) is 12.2 Å². The summed E-state index contributed by atoms with van der Waals surface area (Å²) in [5.41, 5.74) is -1.35. The Bertz CT molecular complexity index is 326. The van der Waals surface area contributed by atoms with E-state index in [0.29, 0.717) is 6.42 Å². The zero-order valence-electron chi connectivity index (χ0n) is 8.73. The molecule has 1 saturated carbocycles. The van der Waals surface area contributed by atoms with Crippen LogP contribution in [0.1, 0.15) is 26.7 Å². The van der Waals surface area contributed by atoms with Crippen LogP contribution < -0.4 is 0 Å². The van der Waals surface area contributed by atoms with Crippen LogP contribution in [0.25, 0.3) is 0 Å². The molecule has 2 heterocycles. The summed E-state index contributed by atoms with van der Waals surface area (Å²) in [6.45, 7) is 3.65. The normalized spacial score (nSPS) is 51.4. The van der Waals surface area contributed by atoms with Crippen LogP contribution in [0.2, 0.25) is 0 Å². The summed E-state index contributed by atoms with van der Waals surface area (Å²) in [5, 5.41) is 10.00. The first-order valence-electron chi connectivity index (χ1n) is 5.19. The number of rotatable bonds is 0. The molecule has 3 rings (SSSR count). The summed E-state index contributed by atoms with van der Waals surface area (Å²) in [5.74, 6) is -1.19. The third kappa shape index (κ3) is 1.23. The van der Waals surface area contributed by atoms with Crippen molar-refractivity contribution in [3.05, 3.63) is 0 Å². The van der Waals surface area contributed by atoms with Crippen LogP contribution >= 0.6 is 0 Å². The quantitative estimate of drug-likeness (QED) is 0.573. The molecule has 3 aliphatic rings. The fourth-order valence-corrected chi connectivity index (χ4v) is 2.72. The number of hydrogen-bond acceptors (Lipinski definition) is 5. The molecule has 4 atom stereocenters. The fraction of sp³-hybridized carbons (Fsp3) is 0.900. The third-order valence-electron chi connectivity index (χ3n) is 3.30.